The van der Waals surface area contributed by atoms with Crippen molar-refractivity contribution in [2.24, 2.45) is 0 Å². The number of hydrogen-bond donors (Lipinski definition) is 2. The molecular formula is C16H15N3O6S. The molecule has 10 heteroatoms. The third kappa shape index (κ3) is 5.67. The first kappa shape index (κ1) is 19.1. The Kier molecular flexibility index (Phi) is 6.80. The van der Waals surface area contributed by atoms with Crippen LogP contribution in [0.15, 0.2) is 41.8 Å². The molecule has 9 nitrogen and oxygen atoms in total. The molecule has 0 aliphatic carbocycles. The predicted molar refractivity (Wildman–Crippen MR) is 92.9 cm³/mol. The van der Waals surface area contributed by atoms with Crippen LogP contribution in [0.4, 0.5) is 10.5 Å². The summed E-state index contributed by atoms with van der Waals surface area (Å²) >= 11 is 1.56. The minimum atomic E-state index is -1.02. The van der Waals surface area contributed by atoms with Gasteiger partial charge in [0.2, 0.25) is 0 Å². The number of hydrogen-bond acceptors (Lipinski definition) is 7. The van der Waals surface area contributed by atoms with Crippen LogP contribution in [0.25, 0.3) is 0 Å². The van der Waals surface area contributed by atoms with Crippen LogP contribution in [-0.2, 0) is 16.0 Å². The van der Waals surface area contributed by atoms with Gasteiger partial charge in [-0.3, -0.25) is 20.2 Å². The van der Waals surface area contributed by atoms with Crippen LogP contribution < -0.4 is 10.6 Å². The molecule has 2 aromatic rings. The summed E-state index contributed by atoms with van der Waals surface area (Å²) in [5.41, 5.74) is -0.699. The molecule has 0 aliphatic rings. The lowest BCUT2D eigenvalue weighted by atomic mass is 10.2. The van der Waals surface area contributed by atoms with E-state index in [4.69, 9.17) is 4.74 Å². The summed E-state index contributed by atoms with van der Waals surface area (Å²) in [6, 6.07) is 8.32. The van der Waals surface area contributed by atoms with E-state index in [1.54, 1.807) is 11.3 Å². The SMILES string of the molecule is O=C(COC(=O)c1ccccc1[N+](=O)[O-])NC(=O)NCCc1cccs1. The number of rotatable bonds is 7. The van der Waals surface area contributed by atoms with Crippen molar-refractivity contribution in [2.45, 2.75) is 6.42 Å². The number of esters is 1. The van der Waals surface area contributed by atoms with Gasteiger partial charge in [0.25, 0.3) is 11.6 Å². The highest BCUT2D eigenvalue weighted by Crippen LogP contribution is 2.18. The van der Waals surface area contributed by atoms with E-state index < -0.39 is 35.1 Å². The van der Waals surface area contributed by atoms with E-state index in [0.717, 1.165) is 10.9 Å². The number of nitro groups is 1. The Hall–Kier alpha value is -3.27. The van der Waals surface area contributed by atoms with E-state index in [9.17, 15) is 24.5 Å². The molecule has 136 valence electrons. The van der Waals surface area contributed by atoms with Crippen molar-refractivity contribution in [3.63, 3.8) is 0 Å². The van der Waals surface area contributed by atoms with Crippen LogP contribution in [0, 0.1) is 10.1 Å². The molecule has 1 aromatic carbocycles. The Labute approximate surface area is 152 Å². The molecule has 0 atom stereocenters. The van der Waals surface area contributed by atoms with Crippen molar-refractivity contribution in [1.82, 2.24) is 10.6 Å². The lowest BCUT2D eigenvalue weighted by Gasteiger charge is -2.07. The van der Waals surface area contributed by atoms with Gasteiger partial charge in [0.1, 0.15) is 5.56 Å². The van der Waals surface area contributed by atoms with Crippen molar-refractivity contribution in [2.75, 3.05) is 13.2 Å². The highest BCUT2D eigenvalue weighted by molar-refractivity contribution is 7.09. The number of nitrogens with zero attached hydrogens (tertiary/aromatic N) is 1. The van der Waals surface area contributed by atoms with E-state index in [1.807, 2.05) is 22.8 Å². The number of carbonyl (C=O) groups excluding carboxylic acids is 3. The first-order valence-electron chi connectivity index (χ1n) is 7.48. The maximum absolute atomic E-state index is 11.9. The molecule has 0 unspecified atom stereocenters. The fraction of sp³-hybridized carbons (Fsp3) is 0.188. The van der Waals surface area contributed by atoms with Gasteiger partial charge in [-0.15, -0.1) is 11.3 Å². The summed E-state index contributed by atoms with van der Waals surface area (Å²) < 4.78 is 4.71. The summed E-state index contributed by atoms with van der Waals surface area (Å²) in [5.74, 6) is -1.86. The monoisotopic (exact) mass is 377 g/mol. The average Bonchev–Trinajstić information content (AvgIpc) is 3.13. The van der Waals surface area contributed by atoms with Gasteiger partial charge in [-0.05, 0) is 23.9 Å². The zero-order valence-electron chi connectivity index (χ0n) is 13.5. The maximum atomic E-state index is 11.9. The third-order valence-electron chi connectivity index (χ3n) is 3.15. The summed E-state index contributed by atoms with van der Waals surface area (Å²) in [5, 5.41) is 17.3. The molecule has 0 saturated carbocycles. The van der Waals surface area contributed by atoms with Crippen molar-refractivity contribution < 1.29 is 24.0 Å². The van der Waals surface area contributed by atoms with Crippen LogP contribution in [0.2, 0.25) is 0 Å². The predicted octanol–water partition coefficient (Wildman–Crippen LogP) is 1.88. The van der Waals surface area contributed by atoms with Crippen LogP contribution in [0.5, 0.6) is 0 Å². The maximum Gasteiger partial charge on any atom is 0.345 e. The van der Waals surface area contributed by atoms with Crippen molar-refractivity contribution in [1.29, 1.82) is 0 Å². The number of ether oxygens (including phenoxy) is 1. The molecule has 0 bridgehead atoms. The third-order valence-corrected chi connectivity index (χ3v) is 4.08. The van der Waals surface area contributed by atoms with E-state index in [2.05, 4.69) is 5.32 Å². The molecule has 0 saturated heterocycles. The van der Waals surface area contributed by atoms with Crippen molar-refractivity contribution in [3.8, 4) is 0 Å². The van der Waals surface area contributed by atoms with E-state index in [1.165, 1.54) is 18.2 Å². The smallest absolute Gasteiger partial charge is 0.345 e. The summed E-state index contributed by atoms with van der Waals surface area (Å²) in [6.07, 6.45) is 0.631. The van der Waals surface area contributed by atoms with Gasteiger partial charge >= 0.3 is 12.0 Å². The number of nitro benzene ring substituents is 1. The zero-order chi connectivity index (χ0) is 18.9. The Morgan fingerprint density at radius 3 is 2.62 bits per heavy atom. The Balaban J connectivity index is 1.75. The number of benzene rings is 1. The van der Waals surface area contributed by atoms with Gasteiger partial charge in [-0.1, -0.05) is 18.2 Å². The second kappa shape index (κ2) is 9.28. The Morgan fingerprint density at radius 1 is 1.15 bits per heavy atom. The standard InChI is InChI=1S/C16H15N3O6S/c20-14(18-16(22)17-8-7-11-4-3-9-26-11)10-25-15(21)12-5-1-2-6-13(12)19(23)24/h1-6,9H,7-8,10H2,(H2,17,18,20,22). The van der Waals surface area contributed by atoms with E-state index >= 15 is 0 Å². The van der Waals surface area contributed by atoms with Crippen LogP contribution in [-0.4, -0.2) is 36.0 Å². The van der Waals surface area contributed by atoms with Crippen LogP contribution in [0.3, 0.4) is 0 Å². The largest absolute Gasteiger partial charge is 0.452 e. The molecule has 1 aromatic heterocycles. The van der Waals surface area contributed by atoms with Gasteiger partial charge in [0, 0.05) is 17.5 Å². The second-order valence-corrected chi connectivity index (χ2v) is 6.02. The fourth-order valence-electron chi connectivity index (χ4n) is 1.98. The van der Waals surface area contributed by atoms with Gasteiger partial charge in [-0.2, -0.15) is 0 Å². The topological polar surface area (TPSA) is 128 Å². The first-order chi connectivity index (χ1) is 12.5. The fourth-order valence-corrected chi connectivity index (χ4v) is 2.68. The van der Waals surface area contributed by atoms with Crippen LogP contribution in [0.1, 0.15) is 15.2 Å². The second-order valence-electron chi connectivity index (χ2n) is 4.98. The number of amides is 3. The molecule has 0 radical (unpaired) electrons. The number of carbonyl (C=O) groups is 3. The zero-order valence-corrected chi connectivity index (χ0v) is 14.3. The molecule has 0 aliphatic heterocycles. The van der Waals surface area contributed by atoms with E-state index in [-0.39, 0.29) is 5.56 Å². The molecule has 1 heterocycles. The van der Waals surface area contributed by atoms with E-state index in [0.29, 0.717) is 13.0 Å². The number of thiophene rings is 1. The number of para-hydroxylation sites is 1. The Bertz CT molecular complexity index is 806. The van der Waals surface area contributed by atoms with Crippen LogP contribution >= 0.6 is 11.3 Å². The summed E-state index contributed by atoms with van der Waals surface area (Å²) in [7, 11) is 0. The Morgan fingerprint density at radius 2 is 1.92 bits per heavy atom. The quantitative estimate of drug-likeness (QED) is 0.431. The molecule has 0 fully saturated rings. The molecule has 2 N–H and O–H groups in total. The van der Waals surface area contributed by atoms with Gasteiger partial charge in [0.05, 0.1) is 4.92 Å². The summed E-state index contributed by atoms with van der Waals surface area (Å²) in [6.45, 7) is -0.390. The van der Waals surface area contributed by atoms with Crippen molar-refractivity contribution in [3.05, 3.63) is 62.3 Å². The van der Waals surface area contributed by atoms with Gasteiger partial charge in [0.15, 0.2) is 6.61 Å². The highest BCUT2D eigenvalue weighted by atomic mass is 32.1. The molecule has 26 heavy (non-hydrogen) atoms. The lowest BCUT2D eigenvalue weighted by molar-refractivity contribution is -0.385. The van der Waals surface area contributed by atoms with Crippen molar-refractivity contribution >= 4 is 34.9 Å². The number of urea groups is 1. The van der Waals surface area contributed by atoms with Gasteiger partial charge in [-0.25, -0.2) is 9.59 Å². The summed E-state index contributed by atoms with van der Waals surface area (Å²) in [4.78, 5) is 46.3. The highest BCUT2D eigenvalue weighted by Gasteiger charge is 2.21. The number of nitrogens with one attached hydrogen (secondary N) is 2. The normalized spacial score (nSPS) is 10.0. The lowest BCUT2D eigenvalue weighted by Crippen LogP contribution is -2.42. The molecule has 2 rings (SSSR count). The average molecular weight is 377 g/mol. The number of imide groups is 1. The molecular weight excluding hydrogens is 362 g/mol. The molecule has 3 amide bonds. The minimum Gasteiger partial charge on any atom is -0.452 e. The first-order valence-corrected chi connectivity index (χ1v) is 8.36. The minimum absolute atomic E-state index is 0.273. The molecule has 0 spiro atoms. The van der Waals surface area contributed by atoms with Gasteiger partial charge < -0.3 is 10.1 Å².